The molecule has 1 heterocycles. The van der Waals surface area contributed by atoms with Gasteiger partial charge in [0.2, 0.25) is 0 Å². The van der Waals surface area contributed by atoms with Crippen LogP contribution < -0.4 is 9.50 Å². The number of furan rings is 1. The summed E-state index contributed by atoms with van der Waals surface area (Å²) in [5, 5.41) is 2.92. The third-order valence-corrected chi connectivity index (χ3v) is 4.54. The lowest BCUT2D eigenvalue weighted by molar-refractivity contribution is 0.187. The van der Waals surface area contributed by atoms with Crippen LogP contribution in [0.3, 0.4) is 0 Å². The Morgan fingerprint density at radius 1 is 0.966 bits per heavy atom. The van der Waals surface area contributed by atoms with Crippen LogP contribution in [0.1, 0.15) is 16.9 Å². The molecule has 0 radical (unpaired) electrons. The number of nitrogens with zero attached hydrogens (tertiary/aromatic N) is 1. The molecule has 0 saturated carbocycles. The van der Waals surface area contributed by atoms with Crippen molar-refractivity contribution in [2.45, 2.75) is 19.6 Å². The van der Waals surface area contributed by atoms with Gasteiger partial charge in [0.1, 0.15) is 11.5 Å². The highest BCUT2D eigenvalue weighted by Gasteiger charge is 2.16. The third kappa shape index (κ3) is 6.69. The van der Waals surface area contributed by atoms with E-state index < -0.39 is 10.1 Å². The summed E-state index contributed by atoms with van der Waals surface area (Å²) in [4.78, 5) is 14.4. The molecule has 0 bridgehead atoms. The van der Waals surface area contributed by atoms with Crippen molar-refractivity contribution in [3.8, 4) is 5.75 Å². The average molecular weight is 414 g/mol. The summed E-state index contributed by atoms with van der Waals surface area (Å²) in [7, 11) is -3.58. The maximum atomic E-state index is 12.8. The number of carbonyl (C=O) groups excluding carboxylic acids is 1. The first kappa shape index (κ1) is 20.5. The SMILES string of the molecule is CS(=O)(=O)Oc1ccc(CN(Cc2ccco2)C(=O)NCc2ccccc2)cc1. The van der Waals surface area contributed by atoms with Gasteiger partial charge >= 0.3 is 16.1 Å². The molecule has 152 valence electrons. The molecule has 2 amide bonds. The van der Waals surface area contributed by atoms with Crippen molar-refractivity contribution in [1.82, 2.24) is 10.2 Å². The van der Waals surface area contributed by atoms with Crippen LogP contribution in [-0.2, 0) is 29.8 Å². The first-order valence-corrected chi connectivity index (χ1v) is 10.8. The van der Waals surface area contributed by atoms with E-state index in [-0.39, 0.29) is 11.8 Å². The second-order valence-corrected chi connectivity index (χ2v) is 8.09. The molecule has 2 aromatic carbocycles. The predicted octanol–water partition coefficient (Wildman–Crippen LogP) is 3.53. The summed E-state index contributed by atoms with van der Waals surface area (Å²) in [5.41, 5.74) is 1.83. The molecule has 7 nitrogen and oxygen atoms in total. The maximum absolute atomic E-state index is 12.8. The molecule has 3 aromatic rings. The Morgan fingerprint density at radius 2 is 1.69 bits per heavy atom. The maximum Gasteiger partial charge on any atom is 0.318 e. The Labute approximate surface area is 170 Å². The molecule has 3 rings (SSSR count). The van der Waals surface area contributed by atoms with E-state index in [9.17, 15) is 13.2 Å². The summed E-state index contributed by atoms with van der Waals surface area (Å²) >= 11 is 0. The first-order chi connectivity index (χ1) is 13.9. The number of benzene rings is 2. The number of hydrogen-bond donors (Lipinski definition) is 1. The van der Waals surface area contributed by atoms with E-state index in [1.807, 2.05) is 30.3 Å². The fourth-order valence-corrected chi connectivity index (χ4v) is 3.18. The Bertz CT molecular complexity index is 1020. The van der Waals surface area contributed by atoms with Gasteiger partial charge in [0.25, 0.3) is 0 Å². The Morgan fingerprint density at radius 3 is 2.31 bits per heavy atom. The zero-order valence-electron chi connectivity index (χ0n) is 15.9. The van der Waals surface area contributed by atoms with Crippen molar-refractivity contribution in [3.63, 3.8) is 0 Å². The van der Waals surface area contributed by atoms with Crippen LogP contribution in [0.5, 0.6) is 5.75 Å². The third-order valence-electron chi connectivity index (χ3n) is 4.04. The van der Waals surface area contributed by atoms with Crippen molar-refractivity contribution >= 4 is 16.1 Å². The summed E-state index contributed by atoms with van der Waals surface area (Å²) in [6.45, 7) is 1.03. The molecule has 0 atom stereocenters. The fourth-order valence-electron chi connectivity index (χ4n) is 2.72. The molecule has 0 saturated heterocycles. The highest BCUT2D eigenvalue weighted by molar-refractivity contribution is 7.86. The highest BCUT2D eigenvalue weighted by atomic mass is 32.2. The minimum atomic E-state index is -3.58. The van der Waals surface area contributed by atoms with Crippen molar-refractivity contribution in [2.24, 2.45) is 0 Å². The van der Waals surface area contributed by atoms with E-state index in [1.54, 1.807) is 47.6 Å². The molecule has 1 N–H and O–H groups in total. The van der Waals surface area contributed by atoms with Gasteiger partial charge in [0, 0.05) is 13.1 Å². The lowest BCUT2D eigenvalue weighted by atomic mass is 10.2. The molecule has 1 aromatic heterocycles. The van der Waals surface area contributed by atoms with E-state index in [1.165, 1.54) is 0 Å². The highest BCUT2D eigenvalue weighted by Crippen LogP contribution is 2.17. The zero-order chi connectivity index (χ0) is 20.7. The molecule has 29 heavy (non-hydrogen) atoms. The molecular formula is C21H22N2O5S. The van der Waals surface area contributed by atoms with Crippen molar-refractivity contribution in [1.29, 1.82) is 0 Å². The fraction of sp³-hybridized carbons (Fsp3) is 0.190. The van der Waals surface area contributed by atoms with Crippen LogP contribution in [0.2, 0.25) is 0 Å². The quantitative estimate of drug-likeness (QED) is 0.570. The van der Waals surface area contributed by atoms with Gasteiger partial charge in [-0.1, -0.05) is 42.5 Å². The molecule has 0 aliphatic rings. The van der Waals surface area contributed by atoms with Gasteiger partial charge in [-0.15, -0.1) is 0 Å². The summed E-state index contributed by atoms with van der Waals surface area (Å²) in [5.74, 6) is 0.888. The molecule has 0 aliphatic carbocycles. The second-order valence-electron chi connectivity index (χ2n) is 6.51. The van der Waals surface area contributed by atoms with E-state index >= 15 is 0 Å². The minimum Gasteiger partial charge on any atom is -0.467 e. The van der Waals surface area contributed by atoms with Crippen molar-refractivity contribution < 1.29 is 21.8 Å². The van der Waals surface area contributed by atoms with Crippen molar-refractivity contribution in [2.75, 3.05) is 6.26 Å². The van der Waals surface area contributed by atoms with Crippen LogP contribution in [-0.4, -0.2) is 25.6 Å². The number of nitrogens with one attached hydrogen (secondary N) is 1. The average Bonchev–Trinajstić information content (AvgIpc) is 3.20. The molecular weight excluding hydrogens is 392 g/mol. The zero-order valence-corrected chi connectivity index (χ0v) is 16.8. The van der Waals surface area contributed by atoms with E-state index in [2.05, 4.69) is 5.32 Å². The van der Waals surface area contributed by atoms with Gasteiger partial charge in [-0.3, -0.25) is 0 Å². The predicted molar refractivity (Wildman–Crippen MR) is 109 cm³/mol. The van der Waals surface area contributed by atoms with Crippen LogP contribution in [0.4, 0.5) is 4.79 Å². The minimum absolute atomic E-state index is 0.224. The summed E-state index contributed by atoms with van der Waals surface area (Å²) in [6, 6.07) is 19.5. The number of hydrogen-bond acceptors (Lipinski definition) is 5. The Hall–Kier alpha value is -3.26. The smallest absolute Gasteiger partial charge is 0.318 e. The monoisotopic (exact) mass is 414 g/mol. The summed E-state index contributed by atoms with van der Waals surface area (Å²) in [6.07, 6.45) is 2.55. The van der Waals surface area contributed by atoms with Crippen LogP contribution in [0.15, 0.2) is 77.4 Å². The largest absolute Gasteiger partial charge is 0.467 e. The number of rotatable bonds is 8. The van der Waals surface area contributed by atoms with Crippen molar-refractivity contribution in [3.05, 3.63) is 89.9 Å². The molecule has 0 spiro atoms. The Balaban J connectivity index is 1.68. The van der Waals surface area contributed by atoms with E-state index in [0.29, 0.717) is 25.4 Å². The lowest BCUT2D eigenvalue weighted by Gasteiger charge is -2.22. The van der Waals surface area contributed by atoms with Crippen LogP contribution in [0, 0.1) is 0 Å². The second kappa shape index (κ2) is 9.29. The molecule has 0 fully saturated rings. The lowest BCUT2D eigenvalue weighted by Crippen LogP contribution is -2.38. The van der Waals surface area contributed by atoms with E-state index in [0.717, 1.165) is 17.4 Å². The summed E-state index contributed by atoms with van der Waals surface area (Å²) < 4.78 is 32.7. The van der Waals surface area contributed by atoms with Gasteiger partial charge in [-0.25, -0.2) is 4.79 Å². The van der Waals surface area contributed by atoms with Crippen LogP contribution >= 0.6 is 0 Å². The number of amides is 2. The first-order valence-electron chi connectivity index (χ1n) is 8.96. The van der Waals surface area contributed by atoms with Gasteiger partial charge in [-0.2, -0.15) is 8.42 Å². The number of carbonyl (C=O) groups is 1. The normalized spacial score (nSPS) is 11.1. The standard InChI is InChI=1S/C21H22N2O5S/c1-29(25,26)28-19-11-9-18(10-12-19)15-23(16-20-8-5-13-27-20)21(24)22-14-17-6-3-2-4-7-17/h2-13H,14-16H2,1H3,(H,22,24). The molecule has 0 unspecified atom stereocenters. The van der Waals surface area contributed by atoms with Gasteiger partial charge in [0.15, 0.2) is 0 Å². The topological polar surface area (TPSA) is 88.9 Å². The van der Waals surface area contributed by atoms with Gasteiger partial charge in [0.05, 0.1) is 19.1 Å². The number of urea groups is 1. The van der Waals surface area contributed by atoms with Crippen LogP contribution in [0.25, 0.3) is 0 Å². The van der Waals surface area contributed by atoms with Gasteiger partial charge < -0.3 is 18.8 Å². The Kier molecular flexibility index (Phi) is 6.56. The van der Waals surface area contributed by atoms with E-state index in [4.69, 9.17) is 8.60 Å². The van der Waals surface area contributed by atoms with Gasteiger partial charge in [-0.05, 0) is 35.4 Å². The molecule has 8 heteroatoms. The molecule has 0 aliphatic heterocycles.